The van der Waals surface area contributed by atoms with Crippen molar-refractivity contribution in [3.63, 3.8) is 0 Å². The molecule has 0 aromatic rings. The Kier molecular flexibility index (Phi) is 2.55. The van der Waals surface area contributed by atoms with Crippen molar-refractivity contribution in [1.29, 1.82) is 0 Å². The summed E-state index contributed by atoms with van der Waals surface area (Å²) >= 11 is 0. The molecule has 0 bridgehead atoms. The fraction of sp³-hybridized carbons (Fsp3) is 0.286. The highest BCUT2D eigenvalue weighted by Crippen LogP contribution is 2.00. The highest BCUT2D eigenvalue weighted by atomic mass is 16.5. The van der Waals surface area contributed by atoms with Crippen LogP contribution in [-0.4, -0.2) is 19.6 Å². The van der Waals surface area contributed by atoms with E-state index in [2.05, 4.69) is 5.32 Å². The van der Waals surface area contributed by atoms with Gasteiger partial charge in [0.05, 0.1) is 6.26 Å². The van der Waals surface area contributed by atoms with E-state index < -0.39 is 0 Å². The third kappa shape index (κ3) is 1.93. The standard InChI is InChI=1S/C7H8NO2/c9-6-8-5-7-1-3-10-4-2-7/h1-3H,4-5H2,(H,8,9). The van der Waals surface area contributed by atoms with Crippen molar-refractivity contribution in [3.05, 3.63) is 24.0 Å². The minimum absolute atomic E-state index is 0.531. The maximum absolute atomic E-state index is 9.73. The molecule has 0 atom stereocenters. The molecule has 1 aliphatic rings. The zero-order valence-corrected chi connectivity index (χ0v) is 5.46. The normalized spacial score (nSPS) is 15.4. The van der Waals surface area contributed by atoms with Gasteiger partial charge >= 0.3 is 6.41 Å². The Hall–Kier alpha value is -1.25. The van der Waals surface area contributed by atoms with Gasteiger partial charge in [0.1, 0.15) is 6.61 Å². The molecule has 0 saturated carbocycles. The van der Waals surface area contributed by atoms with E-state index in [0.717, 1.165) is 5.57 Å². The molecule has 0 unspecified atom stereocenters. The summed E-state index contributed by atoms with van der Waals surface area (Å²) in [6.07, 6.45) is 6.93. The van der Waals surface area contributed by atoms with Gasteiger partial charge in [0.2, 0.25) is 0 Å². The summed E-state index contributed by atoms with van der Waals surface area (Å²) in [6.45, 7) is 1.12. The van der Waals surface area contributed by atoms with E-state index >= 15 is 0 Å². The minimum atomic E-state index is 0.531. The first-order chi connectivity index (χ1) is 4.93. The highest BCUT2D eigenvalue weighted by Gasteiger charge is 1.94. The van der Waals surface area contributed by atoms with Crippen LogP contribution in [0.1, 0.15) is 0 Å². The lowest BCUT2D eigenvalue weighted by molar-refractivity contribution is 0.284. The molecule has 0 saturated heterocycles. The first-order valence-corrected chi connectivity index (χ1v) is 3.00. The Morgan fingerprint density at radius 1 is 1.80 bits per heavy atom. The van der Waals surface area contributed by atoms with E-state index in [1.807, 2.05) is 12.2 Å². The molecule has 0 aromatic heterocycles. The van der Waals surface area contributed by atoms with Crippen LogP contribution in [0.25, 0.3) is 0 Å². The van der Waals surface area contributed by atoms with Crippen molar-refractivity contribution in [2.24, 2.45) is 0 Å². The van der Waals surface area contributed by atoms with Gasteiger partial charge < -0.3 is 10.1 Å². The van der Waals surface area contributed by atoms with E-state index in [4.69, 9.17) is 4.74 Å². The summed E-state index contributed by atoms with van der Waals surface area (Å²) in [6, 6.07) is 0. The molecule has 0 aliphatic carbocycles. The monoisotopic (exact) mass is 138 g/mol. The third-order valence-corrected chi connectivity index (χ3v) is 1.18. The molecular formula is C7H8NO2. The Balaban J connectivity index is 2.32. The van der Waals surface area contributed by atoms with Crippen LogP contribution in [0.4, 0.5) is 0 Å². The van der Waals surface area contributed by atoms with Gasteiger partial charge in [-0.2, -0.15) is 0 Å². The molecule has 1 rings (SSSR count). The highest BCUT2D eigenvalue weighted by molar-refractivity contribution is 5.48. The van der Waals surface area contributed by atoms with Gasteiger partial charge in [0, 0.05) is 6.54 Å². The Morgan fingerprint density at radius 3 is 3.30 bits per heavy atom. The van der Waals surface area contributed by atoms with Crippen molar-refractivity contribution < 1.29 is 9.53 Å². The van der Waals surface area contributed by atoms with E-state index in [9.17, 15) is 4.79 Å². The summed E-state index contributed by atoms with van der Waals surface area (Å²) in [5.74, 6) is 0. The second-order valence-electron chi connectivity index (χ2n) is 1.87. The molecule has 3 nitrogen and oxygen atoms in total. The first kappa shape index (κ1) is 6.86. The maximum atomic E-state index is 9.73. The van der Waals surface area contributed by atoms with Crippen LogP contribution < -0.4 is 5.32 Å². The van der Waals surface area contributed by atoms with Crippen LogP contribution in [0.3, 0.4) is 0 Å². The predicted octanol–water partition coefficient (Wildman–Crippen LogP) is 0.113. The number of nitrogens with one attached hydrogen (secondary N) is 1. The smallest absolute Gasteiger partial charge is 0.309 e. The quantitative estimate of drug-likeness (QED) is 0.562. The molecule has 53 valence electrons. The molecule has 1 aliphatic heterocycles. The first-order valence-electron chi connectivity index (χ1n) is 3.00. The van der Waals surface area contributed by atoms with E-state index in [1.165, 1.54) is 0 Å². The lowest BCUT2D eigenvalue weighted by Gasteiger charge is -2.05. The molecule has 3 heteroatoms. The van der Waals surface area contributed by atoms with Crippen LogP contribution in [0.2, 0.25) is 0 Å². The summed E-state index contributed by atoms with van der Waals surface area (Å²) in [5.41, 5.74) is 1.05. The average molecular weight is 138 g/mol. The van der Waals surface area contributed by atoms with Crippen molar-refractivity contribution in [2.45, 2.75) is 0 Å². The van der Waals surface area contributed by atoms with Gasteiger partial charge in [0.15, 0.2) is 0 Å². The Morgan fingerprint density at radius 2 is 2.70 bits per heavy atom. The average Bonchev–Trinajstić information content (AvgIpc) is 2.03. The van der Waals surface area contributed by atoms with Crippen molar-refractivity contribution in [1.82, 2.24) is 5.32 Å². The number of ether oxygens (including phenoxy) is 1. The fourth-order valence-electron chi connectivity index (χ4n) is 0.683. The molecule has 10 heavy (non-hydrogen) atoms. The number of hydrogen-bond donors (Lipinski definition) is 1. The third-order valence-electron chi connectivity index (χ3n) is 1.18. The minimum Gasteiger partial charge on any atom is -0.497 e. The SMILES string of the molecule is O=[C]NCC1=CCOC=C1. The molecular weight excluding hydrogens is 130 g/mol. The summed E-state index contributed by atoms with van der Waals surface area (Å²) < 4.78 is 4.90. The van der Waals surface area contributed by atoms with Crippen LogP contribution in [0.15, 0.2) is 24.0 Å². The van der Waals surface area contributed by atoms with Crippen LogP contribution >= 0.6 is 0 Å². The van der Waals surface area contributed by atoms with E-state index in [0.29, 0.717) is 13.2 Å². The van der Waals surface area contributed by atoms with Crippen LogP contribution in [0, 0.1) is 0 Å². The Bertz CT molecular complexity index is 172. The predicted molar refractivity (Wildman–Crippen MR) is 36.9 cm³/mol. The summed E-state index contributed by atoms with van der Waals surface area (Å²) in [7, 11) is 0. The van der Waals surface area contributed by atoms with Gasteiger partial charge in [-0.05, 0) is 17.7 Å². The van der Waals surface area contributed by atoms with Crippen molar-refractivity contribution in [2.75, 3.05) is 13.2 Å². The van der Waals surface area contributed by atoms with E-state index in [-0.39, 0.29) is 0 Å². The van der Waals surface area contributed by atoms with Crippen LogP contribution in [-0.2, 0) is 9.53 Å². The zero-order valence-electron chi connectivity index (χ0n) is 5.46. The fourth-order valence-corrected chi connectivity index (χ4v) is 0.683. The zero-order chi connectivity index (χ0) is 7.23. The largest absolute Gasteiger partial charge is 0.497 e. The number of amides is 1. The second kappa shape index (κ2) is 3.71. The molecule has 1 heterocycles. The summed E-state index contributed by atoms with van der Waals surface area (Å²) in [5, 5.41) is 2.44. The lowest BCUT2D eigenvalue weighted by atomic mass is 10.2. The van der Waals surface area contributed by atoms with Gasteiger partial charge in [0.25, 0.3) is 0 Å². The topological polar surface area (TPSA) is 38.3 Å². The molecule has 1 radical (unpaired) electrons. The maximum Gasteiger partial charge on any atom is 0.309 e. The van der Waals surface area contributed by atoms with Gasteiger partial charge in [-0.25, -0.2) is 0 Å². The van der Waals surface area contributed by atoms with Gasteiger partial charge in [-0.1, -0.05) is 0 Å². The second-order valence-corrected chi connectivity index (χ2v) is 1.87. The molecule has 1 amide bonds. The molecule has 1 N–H and O–H groups in total. The van der Waals surface area contributed by atoms with Crippen LogP contribution in [0.5, 0.6) is 0 Å². The summed E-state index contributed by atoms with van der Waals surface area (Å²) in [4.78, 5) is 9.73. The lowest BCUT2D eigenvalue weighted by Crippen LogP contribution is -2.14. The van der Waals surface area contributed by atoms with Gasteiger partial charge in [-0.15, -0.1) is 0 Å². The number of hydrogen-bond acceptors (Lipinski definition) is 2. The molecule has 0 aromatic carbocycles. The van der Waals surface area contributed by atoms with Gasteiger partial charge in [-0.3, -0.25) is 4.79 Å². The molecule has 0 fully saturated rings. The Labute approximate surface area is 59.4 Å². The van der Waals surface area contributed by atoms with Crippen molar-refractivity contribution >= 4 is 6.41 Å². The van der Waals surface area contributed by atoms with E-state index in [1.54, 1.807) is 12.7 Å². The van der Waals surface area contributed by atoms with Crippen molar-refractivity contribution in [3.8, 4) is 0 Å². The number of rotatable bonds is 3. The molecule has 0 spiro atoms. The number of carbonyl (C=O) groups excluding carboxylic acids is 1.